The first kappa shape index (κ1) is 13.3. The molecule has 0 saturated heterocycles. The second-order valence-electron chi connectivity index (χ2n) is 5.70. The lowest BCUT2D eigenvalue weighted by atomic mass is 9.64. The highest BCUT2D eigenvalue weighted by atomic mass is 16.5. The highest BCUT2D eigenvalue weighted by Gasteiger charge is 2.45. The van der Waals surface area contributed by atoms with Gasteiger partial charge < -0.3 is 9.84 Å². The molecule has 1 heterocycles. The van der Waals surface area contributed by atoms with Crippen LogP contribution in [0, 0.1) is 11.8 Å². The summed E-state index contributed by atoms with van der Waals surface area (Å²) in [5.74, 6) is 2.02. The van der Waals surface area contributed by atoms with Crippen molar-refractivity contribution >= 4 is 0 Å². The van der Waals surface area contributed by atoms with Crippen molar-refractivity contribution in [2.24, 2.45) is 11.8 Å². The zero-order valence-corrected chi connectivity index (χ0v) is 11.5. The number of rotatable bonds is 5. The SMILES string of the molecule is CCCOc1cncc(C2(O)CC(C(C)C)C2)c1. The Hall–Kier alpha value is -1.09. The van der Waals surface area contributed by atoms with E-state index in [-0.39, 0.29) is 0 Å². The molecule has 1 fully saturated rings. The van der Waals surface area contributed by atoms with E-state index >= 15 is 0 Å². The van der Waals surface area contributed by atoms with Crippen LogP contribution in [0.1, 0.15) is 45.6 Å². The van der Waals surface area contributed by atoms with Crippen LogP contribution in [-0.4, -0.2) is 16.7 Å². The fourth-order valence-corrected chi connectivity index (χ4v) is 2.49. The molecular formula is C15H23NO2. The van der Waals surface area contributed by atoms with Crippen molar-refractivity contribution in [2.45, 2.75) is 45.6 Å². The fourth-order valence-electron chi connectivity index (χ4n) is 2.49. The number of aromatic nitrogens is 1. The molecule has 18 heavy (non-hydrogen) atoms. The average molecular weight is 249 g/mol. The zero-order chi connectivity index (χ0) is 13.2. The first-order chi connectivity index (χ1) is 8.55. The van der Waals surface area contributed by atoms with Gasteiger partial charge in [0.1, 0.15) is 5.75 Å². The maximum atomic E-state index is 10.6. The van der Waals surface area contributed by atoms with Crippen LogP contribution in [0.25, 0.3) is 0 Å². The van der Waals surface area contributed by atoms with Crippen molar-refractivity contribution in [1.82, 2.24) is 4.98 Å². The van der Waals surface area contributed by atoms with Gasteiger partial charge in [-0.1, -0.05) is 20.8 Å². The van der Waals surface area contributed by atoms with E-state index in [4.69, 9.17) is 4.74 Å². The van der Waals surface area contributed by atoms with Gasteiger partial charge in [0.05, 0.1) is 18.4 Å². The smallest absolute Gasteiger partial charge is 0.137 e. The lowest BCUT2D eigenvalue weighted by Gasteiger charge is -2.46. The van der Waals surface area contributed by atoms with Gasteiger partial charge in [-0.2, -0.15) is 0 Å². The topological polar surface area (TPSA) is 42.4 Å². The highest BCUT2D eigenvalue weighted by Crippen LogP contribution is 2.48. The van der Waals surface area contributed by atoms with Gasteiger partial charge in [-0.05, 0) is 37.2 Å². The van der Waals surface area contributed by atoms with E-state index in [1.807, 2.05) is 6.07 Å². The molecule has 1 aromatic rings. The Morgan fingerprint density at radius 3 is 2.78 bits per heavy atom. The van der Waals surface area contributed by atoms with Crippen LogP contribution in [0.15, 0.2) is 18.5 Å². The quantitative estimate of drug-likeness (QED) is 0.871. The molecule has 0 radical (unpaired) electrons. The van der Waals surface area contributed by atoms with E-state index < -0.39 is 5.60 Å². The molecule has 1 aliphatic carbocycles. The maximum Gasteiger partial charge on any atom is 0.137 e. The first-order valence-electron chi connectivity index (χ1n) is 6.86. The van der Waals surface area contributed by atoms with Crippen molar-refractivity contribution in [3.05, 3.63) is 24.0 Å². The summed E-state index contributed by atoms with van der Waals surface area (Å²) in [6.45, 7) is 7.19. The molecule has 3 heteroatoms. The molecule has 0 atom stereocenters. The molecule has 1 saturated carbocycles. The standard InChI is InChI=1S/C15H23NO2/c1-4-5-18-14-6-13(9-16-10-14)15(17)7-12(8-15)11(2)3/h6,9-12,17H,4-5,7-8H2,1-3H3. The number of pyridine rings is 1. The van der Waals surface area contributed by atoms with E-state index in [0.717, 1.165) is 30.6 Å². The minimum absolute atomic E-state index is 0.621. The lowest BCUT2D eigenvalue weighted by Crippen LogP contribution is -2.43. The molecule has 0 aromatic carbocycles. The van der Waals surface area contributed by atoms with Gasteiger partial charge in [-0.25, -0.2) is 0 Å². The first-order valence-corrected chi connectivity index (χ1v) is 6.86. The predicted octanol–water partition coefficient (Wildman–Crippen LogP) is 3.12. The van der Waals surface area contributed by atoms with E-state index in [0.29, 0.717) is 18.4 Å². The Bertz CT molecular complexity index is 397. The number of nitrogens with zero attached hydrogens (tertiary/aromatic N) is 1. The summed E-state index contributed by atoms with van der Waals surface area (Å²) < 4.78 is 5.56. The summed E-state index contributed by atoms with van der Waals surface area (Å²) in [6.07, 6.45) is 6.12. The third-order valence-electron chi connectivity index (χ3n) is 3.87. The second-order valence-corrected chi connectivity index (χ2v) is 5.70. The molecule has 3 nitrogen and oxygen atoms in total. The molecule has 0 unspecified atom stereocenters. The van der Waals surface area contributed by atoms with Crippen LogP contribution in [-0.2, 0) is 5.60 Å². The number of hydrogen-bond donors (Lipinski definition) is 1. The third-order valence-corrected chi connectivity index (χ3v) is 3.87. The number of aliphatic hydroxyl groups is 1. The third kappa shape index (κ3) is 2.66. The van der Waals surface area contributed by atoms with Crippen LogP contribution in [0.4, 0.5) is 0 Å². The average Bonchev–Trinajstić information content (AvgIpc) is 2.32. The molecule has 0 bridgehead atoms. The van der Waals surface area contributed by atoms with Crippen LogP contribution < -0.4 is 4.74 Å². The van der Waals surface area contributed by atoms with Gasteiger partial charge in [0.2, 0.25) is 0 Å². The molecule has 0 spiro atoms. The summed E-state index contributed by atoms with van der Waals surface area (Å²) in [5.41, 5.74) is 0.209. The van der Waals surface area contributed by atoms with Crippen LogP contribution >= 0.6 is 0 Å². The Morgan fingerprint density at radius 2 is 2.17 bits per heavy atom. The van der Waals surface area contributed by atoms with Crippen molar-refractivity contribution in [3.8, 4) is 5.75 Å². The van der Waals surface area contributed by atoms with Gasteiger partial charge in [0.25, 0.3) is 0 Å². The monoisotopic (exact) mass is 249 g/mol. The molecule has 1 aromatic heterocycles. The molecular weight excluding hydrogens is 226 g/mol. The van der Waals surface area contributed by atoms with E-state index in [9.17, 15) is 5.11 Å². The number of ether oxygens (including phenoxy) is 1. The molecule has 0 aliphatic heterocycles. The number of hydrogen-bond acceptors (Lipinski definition) is 3. The Kier molecular flexibility index (Phi) is 3.91. The van der Waals surface area contributed by atoms with Crippen LogP contribution in [0.3, 0.4) is 0 Å². The summed E-state index contributed by atoms with van der Waals surface area (Å²) >= 11 is 0. The molecule has 100 valence electrons. The molecule has 0 amide bonds. The zero-order valence-electron chi connectivity index (χ0n) is 11.5. The van der Waals surface area contributed by atoms with Crippen molar-refractivity contribution in [1.29, 1.82) is 0 Å². The molecule has 1 aliphatic rings. The molecule has 1 N–H and O–H groups in total. The highest BCUT2D eigenvalue weighted by molar-refractivity contribution is 5.30. The van der Waals surface area contributed by atoms with Crippen LogP contribution in [0.5, 0.6) is 5.75 Å². The summed E-state index contributed by atoms with van der Waals surface area (Å²) in [5, 5.41) is 10.6. The fraction of sp³-hybridized carbons (Fsp3) is 0.667. The van der Waals surface area contributed by atoms with E-state index in [1.165, 1.54) is 0 Å². The van der Waals surface area contributed by atoms with Crippen molar-refractivity contribution in [2.75, 3.05) is 6.61 Å². The van der Waals surface area contributed by atoms with Gasteiger partial charge in [-0.15, -0.1) is 0 Å². The van der Waals surface area contributed by atoms with E-state index in [1.54, 1.807) is 12.4 Å². The predicted molar refractivity (Wildman–Crippen MR) is 71.5 cm³/mol. The summed E-state index contributed by atoms with van der Waals surface area (Å²) in [6, 6.07) is 1.93. The Morgan fingerprint density at radius 1 is 1.44 bits per heavy atom. The largest absolute Gasteiger partial charge is 0.492 e. The maximum absolute atomic E-state index is 10.6. The van der Waals surface area contributed by atoms with E-state index in [2.05, 4.69) is 25.8 Å². The normalized spacial score (nSPS) is 27.1. The van der Waals surface area contributed by atoms with Gasteiger partial charge in [-0.3, -0.25) is 4.98 Å². The molecule has 2 rings (SSSR count). The second kappa shape index (κ2) is 5.27. The minimum atomic E-state index is -0.687. The summed E-state index contributed by atoms with van der Waals surface area (Å²) in [7, 11) is 0. The Labute approximate surface area is 109 Å². The van der Waals surface area contributed by atoms with Gasteiger partial charge >= 0.3 is 0 Å². The van der Waals surface area contributed by atoms with Crippen LogP contribution in [0.2, 0.25) is 0 Å². The lowest BCUT2D eigenvalue weighted by molar-refractivity contribution is -0.0937. The van der Waals surface area contributed by atoms with Gasteiger partial charge in [0, 0.05) is 11.8 Å². The summed E-state index contributed by atoms with van der Waals surface area (Å²) in [4.78, 5) is 4.17. The van der Waals surface area contributed by atoms with Crippen molar-refractivity contribution in [3.63, 3.8) is 0 Å². The minimum Gasteiger partial charge on any atom is -0.492 e. The Balaban J connectivity index is 2.05. The van der Waals surface area contributed by atoms with Crippen molar-refractivity contribution < 1.29 is 9.84 Å². The van der Waals surface area contributed by atoms with Gasteiger partial charge in [0.15, 0.2) is 0 Å².